The zero-order valence-corrected chi connectivity index (χ0v) is 19.8. The average molecular weight is 491 g/mol. The van der Waals surface area contributed by atoms with Gasteiger partial charge >= 0.3 is 0 Å². The Morgan fingerprint density at radius 2 is 1.94 bits per heavy atom. The number of halogens is 2. The molecule has 8 nitrogen and oxygen atoms in total. The van der Waals surface area contributed by atoms with Crippen molar-refractivity contribution in [2.75, 3.05) is 30.8 Å². The Morgan fingerprint density at radius 1 is 1.21 bits per heavy atom. The number of imidazole rings is 1. The van der Waals surface area contributed by atoms with E-state index in [4.69, 9.17) is 22.0 Å². The van der Waals surface area contributed by atoms with E-state index in [1.54, 1.807) is 41.8 Å². The van der Waals surface area contributed by atoms with E-state index in [2.05, 4.69) is 10.2 Å². The van der Waals surface area contributed by atoms with Crippen LogP contribution in [0.2, 0.25) is 5.02 Å². The number of hydrogen-bond acceptors (Lipinski definition) is 5. The van der Waals surface area contributed by atoms with Crippen LogP contribution in [0.1, 0.15) is 25.3 Å². The van der Waals surface area contributed by atoms with Gasteiger partial charge in [0.05, 0.1) is 28.0 Å². The van der Waals surface area contributed by atoms with Gasteiger partial charge in [-0.25, -0.2) is 22.1 Å². The maximum absolute atomic E-state index is 16.2. The van der Waals surface area contributed by atoms with Gasteiger partial charge in [0.25, 0.3) is 0 Å². The summed E-state index contributed by atoms with van der Waals surface area (Å²) < 4.78 is 44.1. The maximum Gasteiger partial charge on any atom is 0.239 e. The fourth-order valence-corrected chi connectivity index (χ4v) is 6.28. The molecule has 0 spiro atoms. The maximum atomic E-state index is 16.2. The number of fused-ring (bicyclic) bond motifs is 1. The number of sulfonamides is 1. The molecule has 2 aliphatic rings. The van der Waals surface area contributed by atoms with Gasteiger partial charge in [-0.2, -0.15) is 0 Å². The molecule has 2 saturated heterocycles. The van der Waals surface area contributed by atoms with E-state index in [1.165, 1.54) is 7.05 Å². The van der Waals surface area contributed by atoms with Crippen molar-refractivity contribution in [3.05, 3.63) is 52.8 Å². The minimum absolute atomic E-state index is 0.165. The number of rotatable bonds is 3. The molecule has 1 aromatic heterocycles. The first kappa shape index (κ1) is 22.0. The van der Waals surface area contributed by atoms with Gasteiger partial charge in [0.2, 0.25) is 21.9 Å². The van der Waals surface area contributed by atoms with Gasteiger partial charge < -0.3 is 10.2 Å². The third-order valence-corrected chi connectivity index (χ3v) is 8.59. The lowest BCUT2D eigenvalue weighted by atomic mass is 9.92. The molecular weight excluding hydrogens is 467 g/mol. The summed E-state index contributed by atoms with van der Waals surface area (Å²) in [5.74, 6) is -0.622. The molecule has 0 radical (unpaired) electrons. The van der Waals surface area contributed by atoms with Crippen LogP contribution in [0.5, 0.6) is 0 Å². The number of anilines is 1. The minimum Gasteiger partial charge on any atom is -0.345 e. The Morgan fingerprint density at radius 3 is 2.64 bits per heavy atom. The quantitative estimate of drug-likeness (QED) is 0.586. The number of guanidine groups is 1. The predicted octanol–water partition coefficient (Wildman–Crippen LogP) is 3.43. The van der Waals surface area contributed by atoms with E-state index in [9.17, 15) is 8.42 Å². The fraction of sp³-hybridized carbons (Fsp3) is 0.364. The summed E-state index contributed by atoms with van der Waals surface area (Å²) in [5, 5.41) is 11.5. The second-order valence-corrected chi connectivity index (χ2v) is 11.2. The minimum atomic E-state index is -3.78. The normalized spacial score (nSPS) is 22.7. The molecule has 5 rings (SSSR count). The molecule has 11 heteroatoms. The predicted molar refractivity (Wildman–Crippen MR) is 127 cm³/mol. The summed E-state index contributed by atoms with van der Waals surface area (Å²) in [7, 11) is -2.47. The van der Waals surface area contributed by atoms with Crippen LogP contribution in [0.4, 0.5) is 10.3 Å². The van der Waals surface area contributed by atoms with Gasteiger partial charge in [0.15, 0.2) is 5.82 Å². The Balaban J connectivity index is 1.71. The third kappa shape index (κ3) is 3.52. The molecular formula is C22H24ClFN6O2S. The van der Waals surface area contributed by atoms with Crippen molar-refractivity contribution in [1.29, 1.82) is 5.41 Å². The summed E-state index contributed by atoms with van der Waals surface area (Å²) in [6, 6.07) is 10.2. The molecule has 0 unspecified atom stereocenters. The van der Waals surface area contributed by atoms with Gasteiger partial charge in [0.1, 0.15) is 0 Å². The van der Waals surface area contributed by atoms with Crippen molar-refractivity contribution in [3.8, 4) is 5.69 Å². The zero-order valence-electron chi connectivity index (χ0n) is 18.3. The number of nitrogens with one attached hydrogen (secondary N) is 2. The van der Waals surface area contributed by atoms with E-state index >= 15 is 4.39 Å². The van der Waals surface area contributed by atoms with Crippen LogP contribution in [-0.4, -0.2) is 54.1 Å². The highest BCUT2D eigenvalue weighted by atomic mass is 35.5. The lowest BCUT2D eigenvalue weighted by Gasteiger charge is -2.40. The molecule has 2 fully saturated rings. The van der Waals surface area contributed by atoms with E-state index in [0.717, 1.165) is 30.2 Å². The molecule has 3 heterocycles. The Hall–Kier alpha value is -2.85. The van der Waals surface area contributed by atoms with Crippen molar-refractivity contribution in [3.63, 3.8) is 0 Å². The monoisotopic (exact) mass is 490 g/mol. The Bertz CT molecular complexity index is 1390. The smallest absolute Gasteiger partial charge is 0.239 e. The van der Waals surface area contributed by atoms with E-state index in [-0.39, 0.29) is 23.0 Å². The Kier molecular flexibility index (Phi) is 5.06. The van der Waals surface area contributed by atoms with E-state index in [1.807, 2.05) is 6.07 Å². The van der Waals surface area contributed by atoms with Crippen molar-refractivity contribution in [2.24, 2.45) is 0 Å². The molecule has 0 saturated carbocycles. The van der Waals surface area contributed by atoms with Crippen molar-refractivity contribution >= 4 is 44.6 Å². The van der Waals surface area contributed by atoms with Gasteiger partial charge in [0, 0.05) is 30.7 Å². The molecule has 33 heavy (non-hydrogen) atoms. The molecule has 2 aromatic carbocycles. The third-order valence-electron chi connectivity index (χ3n) is 6.40. The highest BCUT2D eigenvalue weighted by molar-refractivity contribution is 7.89. The van der Waals surface area contributed by atoms with Crippen LogP contribution in [0.3, 0.4) is 0 Å². The summed E-state index contributed by atoms with van der Waals surface area (Å²) >= 11 is 6.27. The number of aromatic nitrogens is 2. The van der Waals surface area contributed by atoms with E-state index in [0.29, 0.717) is 22.0 Å². The highest BCUT2D eigenvalue weighted by Crippen LogP contribution is 2.36. The second-order valence-electron chi connectivity index (χ2n) is 8.74. The van der Waals surface area contributed by atoms with Crippen LogP contribution >= 0.6 is 11.6 Å². The zero-order chi connectivity index (χ0) is 23.5. The fourth-order valence-electron chi connectivity index (χ4n) is 4.64. The number of nitrogens with zero attached hydrogens (tertiary/aromatic N) is 4. The topological polar surface area (TPSA) is 94.3 Å². The summed E-state index contributed by atoms with van der Waals surface area (Å²) in [6.07, 6.45) is 2.06. The highest BCUT2D eigenvalue weighted by Gasteiger charge is 2.43. The number of benzene rings is 2. The second kappa shape index (κ2) is 7.59. The molecule has 3 aromatic rings. The largest absolute Gasteiger partial charge is 0.345 e. The average Bonchev–Trinajstić information content (AvgIpc) is 3.39. The lowest BCUT2D eigenvalue weighted by molar-refractivity contribution is 0.402. The van der Waals surface area contributed by atoms with Gasteiger partial charge in [-0.05, 0) is 44.0 Å². The molecule has 0 amide bonds. The van der Waals surface area contributed by atoms with Crippen LogP contribution in [0.15, 0.2) is 36.4 Å². The van der Waals surface area contributed by atoms with Crippen molar-refractivity contribution in [2.45, 2.75) is 25.3 Å². The van der Waals surface area contributed by atoms with E-state index < -0.39 is 21.4 Å². The Labute approximate surface area is 196 Å². The summed E-state index contributed by atoms with van der Waals surface area (Å²) in [4.78, 5) is 6.89. The first-order valence-electron chi connectivity index (χ1n) is 10.7. The lowest BCUT2D eigenvalue weighted by Crippen LogP contribution is -2.61. The molecule has 1 atom stereocenters. The molecule has 2 N–H and O–H groups in total. The van der Waals surface area contributed by atoms with Crippen LogP contribution in [-0.2, 0) is 15.6 Å². The SMILES string of the molecule is CN1C(=N)N[C@](C)(c2cccc(-n3c(N4CCCC4)nc4ccc(Cl)cc43)c2F)CS1(=O)=O. The first-order valence-corrected chi connectivity index (χ1v) is 12.7. The van der Waals surface area contributed by atoms with Crippen molar-refractivity contribution in [1.82, 2.24) is 19.2 Å². The first-order chi connectivity index (χ1) is 15.6. The van der Waals surface area contributed by atoms with Crippen LogP contribution < -0.4 is 10.2 Å². The molecule has 2 aliphatic heterocycles. The van der Waals surface area contributed by atoms with Crippen molar-refractivity contribution < 1.29 is 12.8 Å². The summed E-state index contributed by atoms with van der Waals surface area (Å²) in [6.45, 7) is 3.23. The molecule has 0 bridgehead atoms. The van der Waals surface area contributed by atoms with Gasteiger partial charge in [-0.15, -0.1) is 0 Å². The van der Waals surface area contributed by atoms with Crippen LogP contribution in [0.25, 0.3) is 16.7 Å². The summed E-state index contributed by atoms with van der Waals surface area (Å²) in [5.41, 5.74) is 0.466. The molecule has 174 valence electrons. The van der Waals surface area contributed by atoms with Gasteiger partial charge in [-0.1, -0.05) is 23.7 Å². The number of hydrogen-bond donors (Lipinski definition) is 2. The molecule has 0 aliphatic carbocycles. The van der Waals surface area contributed by atoms with Crippen LogP contribution in [0, 0.1) is 11.2 Å². The standard InChI is InChI=1S/C22H24ClFN6O2S/c1-22(13-33(31,32)28(2)20(25)27-22)15-6-5-7-17(19(15)24)30-18-12-14(23)8-9-16(18)26-21(30)29-10-3-4-11-29/h5-9,12H,3-4,10-11,13H2,1-2H3,(H2,25,27)/t22-/m0/s1. The van der Waals surface area contributed by atoms with Gasteiger partial charge in [-0.3, -0.25) is 9.98 Å².